The molecule has 2 aromatic heterocycles. The molecule has 0 atom stereocenters. The Morgan fingerprint density at radius 3 is 2.96 bits per heavy atom. The summed E-state index contributed by atoms with van der Waals surface area (Å²) in [6.07, 6.45) is 3.11. The lowest BCUT2D eigenvalue weighted by atomic mass is 10.0. The topological polar surface area (TPSA) is 56.0 Å². The normalized spacial score (nSPS) is 13.1. The lowest BCUT2D eigenvalue weighted by Gasteiger charge is -2.14. The van der Waals surface area contributed by atoms with Crippen LogP contribution in [0.3, 0.4) is 0 Å². The minimum absolute atomic E-state index is 0.160. The van der Waals surface area contributed by atoms with Crippen LogP contribution in [0.2, 0.25) is 5.02 Å². The van der Waals surface area contributed by atoms with Gasteiger partial charge < -0.3 is 0 Å². The number of pyridine rings is 1. The fourth-order valence-electron chi connectivity index (χ4n) is 2.52. The first-order valence-corrected chi connectivity index (χ1v) is 7.87. The summed E-state index contributed by atoms with van der Waals surface area (Å²) in [5.41, 5.74) is 1.89. The molecule has 3 aromatic rings. The Hall–Kier alpha value is -2.12. The number of nitrogens with zero attached hydrogens (tertiary/aromatic N) is 5. The molecule has 1 aliphatic heterocycles. The van der Waals surface area contributed by atoms with Crippen molar-refractivity contribution in [2.45, 2.75) is 6.54 Å². The van der Waals surface area contributed by atoms with Crippen LogP contribution in [0.4, 0.5) is 4.39 Å². The van der Waals surface area contributed by atoms with Gasteiger partial charge in [-0.15, -0.1) is 10.2 Å². The Kier molecular flexibility index (Phi) is 3.46. The molecular weight excluding hydrogens is 385 g/mol. The summed E-state index contributed by atoms with van der Waals surface area (Å²) in [7, 11) is 0. The van der Waals surface area contributed by atoms with E-state index in [9.17, 15) is 4.39 Å². The van der Waals surface area contributed by atoms with Crippen molar-refractivity contribution >= 4 is 33.2 Å². The number of rotatable bonds is 1. The van der Waals surface area contributed by atoms with Crippen LogP contribution in [0.5, 0.6) is 0 Å². The van der Waals surface area contributed by atoms with Gasteiger partial charge in [0, 0.05) is 16.2 Å². The zero-order valence-corrected chi connectivity index (χ0v) is 13.9. The Balaban J connectivity index is 2.06. The third kappa shape index (κ3) is 2.27. The third-order valence-electron chi connectivity index (χ3n) is 3.55. The van der Waals surface area contributed by atoms with Crippen LogP contribution in [0.25, 0.3) is 5.69 Å². The van der Waals surface area contributed by atoms with E-state index in [1.165, 1.54) is 18.3 Å². The second-order valence-corrected chi connectivity index (χ2v) is 6.10. The Morgan fingerprint density at radius 1 is 1.26 bits per heavy atom. The standard InChI is InChI=1S/C15H8BrClFN5/c16-8-3-4-10-12(13(8)17)15(14-9(18)2-1-5-19-14)20-6-11-22-21-7-23(10)11/h1-5,7H,6H2. The second-order valence-electron chi connectivity index (χ2n) is 4.87. The van der Waals surface area contributed by atoms with E-state index in [0.29, 0.717) is 26.6 Å². The average Bonchev–Trinajstić information content (AvgIpc) is 2.95. The van der Waals surface area contributed by atoms with E-state index >= 15 is 0 Å². The van der Waals surface area contributed by atoms with Crippen LogP contribution in [-0.2, 0) is 6.54 Å². The molecule has 5 nitrogen and oxygen atoms in total. The molecule has 0 aliphatic carbocycles. The molecule has 0 saturated heterocycles. The van der Waals surface area contributed by atoms with Crippen molar-refractivity contribution in [3.05, 3.63) is 69.2 Å². The molecule has 0 spiro atoms. The first-order chi connectivity index (χ1) is 11.2. The number of hydrogen-bond acceptors (Lipinski definition) is 4. The number of aromatic nitrogens is 4. The SMILES string of the molecule is Fc1cccnc1C1=NCc2nncn2-c2ccc(Br)c(Cl)c21. The number of fused-ring (bicyclic) bond motifs is 3. The number of aliphatic imine (C=N–C) groups is 1. The van der Waals surface area contributed by atoms with Crippen LogP contribution >= 0.6 is 27.5 Å². The highest BCUT2D eigenvalue weighted by atomic mass is 79.9. The zero-order chi connectivity index (χ0) is 16.0. The van der Waals surface area contributed by atoms with Gasteiger partial charge in [0.2, 0.25) is 0 Å². The molecule has 0 bridgehead atoms. The summed E-state index contributed by atoms with van der Waals surface area (Å²) < 4.78 is 16.7. The van der Waals surface area contributed by atoms with Gasteiger partial charge in [0.05, 0.1) is 16.4 Å². The first-order valence-electron chi connectivity index (χ1n) is 6.70. The first kappa shape index (κ1) is 14.5. The molecular formula is C15H8BrClFN5. The van der Waals surface area contributed by atoms with Crippen LogP contribution in [0.15, 0.2) is 46.3 Å². The van der Waals surface area contributed by atoms with Gasteiger partial charge in [-0.25, -0.2) is 4.39 Å². The molecule has 0 unspecified atom stereocenters. The summed E-state index contributed by atoms with van der Waals surface area (Å²) in [6.45, 7) is 0.258. The maximum Gasteiger partial charge on any atom is 0.159 e. The minimum Gasteiger partial charge on any atom is -0.283 e. The van der Waals surface area contributed by atoms with E-state index in [1.807, 2.05) is 12.1 Å². The molecule has 23 heavy (non-hydrogen) atoms. The highest BCUT2D eigenvalue weighted by molar-refractivity contribution is 9.10. The van der Waals surface area contributed by atoms with Gasteiger partial charge in [0.15, 0.2) is 11.6 Å². The van der Waals surface area contributed by atoms with Crippen LogP contribution in [0.1, 0.15) is 17.1 Å². The summed E-state index contributed by atoms with van der Waals surface area (Å²) in [5, 5.41) is 8.40. The average molecular weight is 393 g/mol. The van der Waals surface area contributed by atoms with Gasteiger partial charge in [-0.1, -0.05) is 11.6 Å². The van der Waals surface area contributed by atoms with E-state index in [0.717, 1.165) is 5.69 Å². The van der Waals surface area contributed by atoms with E-state index in [1.54, 1.807) is 10.9 Å². The predicted molar refractivity (Wildman–Crippen MR) is 87.6 cm³/mol. The minimum atomic E-state index is -0.453. The Morgan fingerprint density at radius 2 is 2.13 bits per heavy atom. The molecule has 0 saturated carbocycles. The van der Waals surface area contributed by atoms with Gasteiger partial charge >= 0.3 is 0 Å². The van der Waals surface area contributed by atoms with E-state index < -0.39 is 5.82 Å². The summed E-state index contributed by atoms with van der Waals surface area (Å²) in [4.78, 5) is 8.63. The molecule has 8 heteroatoms. The summed E-state index contributed by atoms with van der Waals surface area (Å²) in [6, 6.07) is 6.57. The smallest absolute Gasteiger partial charge is 0.159 e. The summed E-state index contributed by atoms with van der Waals surface area (Å²) >= 11 is 9.89. The van der Waals surface area contributed by atoms with Gasteiger partial charge in [-0.2, -0.15) is 0 Å². The molecule has 0 amide bonds. The molecule has 1 aliphatic rings. The lowest BCUT2D eigenvalue weighted by Crippen LogP contribution is -2.11. The van der Waals surface area contributed by atoms with Crippen molar-refractivity contribution in [3.8, 4) is 5.69 Å². The largest absolute Gasteiger partial charge is 0.283 e. The molecule has 0 N–H and O–H groups in total. The monoisotopic (exact) mass is 391 g/mol. The van der Waals surface area contributed by atoms with Crippen molar-refractivity contribution in [1.29, 1.82) is 0 Å². The molecule has 3 heterocycles. The van der Waals surface area contributed by atoms with Gasteiger partial charge in [0.25, 0.3) is 0 Å². The number of benzene rings is 1. The van der Waals surface area contributed by atoms with Crippen LogP contribution in [0, 0.1) is 5.82 Å². The van der Waals surface area contributed by atoms with Gasteiger partial charge in [-0.05, 0) is 40.2 Å². The van der Waals surface area contributed by atoms with E-state index in [2.05, 4.69) is 36.1 Å². The van der Waals surface area contributed by atoms with Crippen molar-refractivity contribution in [2.24, 2.45) is 4.99 Å². The van der Waals surface area contributed by atoms with Crippen molar-refractivity contribution in [1.82, 2.24) is 19.7 Å². The highest BCUT2D eigenvalue weighted by Crippen LogP contribution is 2.35. The predicted octanol–water partition coefficient (Wildman–Crippen LogP) is 3.57. The fraction of sp³-hybridized carbons (Fsp3) is 0.0667. The van der Waals surface area contributed by atoms with Crippen molar-refractivity contribution < 1.29 is 4.39 Å². The molecule has 0 radical (unpaired) electrons. The maximum atomic E-state index is 14.3. The molecule has 1 aromatic carbocycles. The Bertz CT molecular complexity index is 953. The summed E-state index contributed by atoms with van der Waals surface area (Å²) in [5.74, 6) is 0.196. The van der Waals surface area contributed by atoms with Crippen molar-refractivity contribution in [3.63, 3.8) is 0 Å². The Labute approximate surface area is 144 Å². The molecule has 0 fully saturated rings. The molecule has 114 valence electrons. The van der Waals surface area contributed by atoms with Crippen molar-refractivity contribution in [2.75, 3.05) is 0 Å². The number of hydrogen-bond donors (Lipinski definition) is 0. The zero-order valence-electron chi connectivity index (χ0n) is 11.5. The molecule has 4 rings (SSSR count). The fourth-order valence-corrected chi connectivity index (χ4v) is 3.10. The second kappa shape index (κ2) is 5.50. The quantitative estimate of drug-likeness (QED) is 0.636. The van der Waals surface area contributed by atoms with Crippen LogP contribution in [-0.4, -0.2) is 25.5 Å². The van der Waals surface area contributed by atoms with E-state index in [4.69, 9.17) is 11.6 Å². The van der Waals surface area contributed by atoms with Gasteiger partial charge in [-0.3, -0.25) is 14.5 Å². The lowest BCUT2D eigenvalue weighted by molar-refractivity contribution is 0.618. The third-order valence-corrected chi connectivity index (χ3v) is 4.83. The van der Waals surface area contributed by atoms with Crippen LogP contribution < -0.4 is 0 Å². The highest BCUT2D eigenvalue weighted by Gasteiger charge is 2.25. The maximum absolute atomic E-state index is 14.3. The van der Waals surface area contributed by atoms with E-state index in [-0.39, 0.29) is 12.2 Å². The number of halogens is 3. The van der Waals surface area contributed by atoms with Gasteiger partial charge in [0.1, 0.15) is 18.6 Å².